The summed E-state index contributed by atoms with van der Waals surface area (Å²) in [5, 5.41) is 11.2. The lowest BCUT2D eigenvalue weighted by molar-refractivity contribution is -0.126. The van der Waals surface area contributed by atoms with Crippen molar-refractivity contribution in [1.82, 2.24) is 10.2 Å². The Kier molecular flexibility index (Phi) is 3.70. The second-order valence-electron chi connectivity index (χ2n) is 5.42. The van der Waals surface area contributed by atoms with Crippen LogP contribution in [0.5, 0.6) is 0 Å². The van der Waals surface area contributed by atoms with Crippen molar-refractivity contribution >= 4 is 23.1 Å². The van der Waals surface area contributed by atoms with Crippen LogP contribution in [0.2, 0.25) is 0 Å². The summed E-state index contributed by atoms with van der Waals surface area (Å²) in [6, 6.07) is 0.460. The molecule has 1 saturated carbocycles. The van der Waals surface area contributed by atoms with Crippen LogP contribution in [0, 0.1) is 5.92 Å². The average molecular weight is 278 g/mol. The first-order valence-corrected chi connectivity index (χ1v) is 7.30. The van der Waals surface area contributed by atoms with E-state index in [4.69, 9.17) is 12.2 Å². The van der Waals surface area contributed by atoms with Gasteiger partial charge in [-0.3, -0.25) is 9.69 Å². The highest BCUT2D eigenvalue weighted by atomic mass is 32.1. The minimum Gasteiger partial charge on any atom is -0.353 e. The molecule has 3 aliphatic rings. The van der Waals surface area contributed by atoms with Crippen LogP contribution in [0.25, 0.3) is 0 Å². The van der Waals surface area contributed by atoms with E-state index in [-0.39, 0.29) is 18.0 Å². The van der Waals surface area contributed by atoms with E-state index in [9.17, 15) is 4.79 Å². The molecule has 19 heavy (non-hydrogen) atoms. The molecule has 0 radical (unpaired) electrons. The number of carbonyl (C=O) groups is 1. The Hall–Kier alpha value is -1.14. The van der Waals surface area contributed by atoms with E-state index >= 15 is 0 Å². The normalized spacial score (nSPS) is 28.6. The molecule has 2 aliphatic heterocycles. The van der Waals surface area contributed by atoms with Gasteiger partial charge in [-0.2, -0.15) is 5.11 Å². The smallest absolute Gasteiger partial charge is 0.223 e. The molecule has 0 spiro atoms. The molecule has 2 heterocycles. The van der Waals surface area contributed by atoms with Gasteiger partial charge in [0, 0.05) is 25.0 Å². The van der Waals surface area contributed by atoms with Crippen molar-refractivity contribution in [3.63, 3.8) is 0 Å². The van der Waals surface area contributed by atoms with Crippen molar-refractivity contribution in [1.29, 1.82) is 0 Å². The molecule has 3 rings (SSSR count). The maximum absolute atomic E-state index is 12.0. The molecular weight excluding hydrogens is 260 g/mol. The second kappa shape index (κ2) is 5.46. The zero-order valence-electron chi connectivity index (χ0n) is 10.8. The number of carbonyl (C=O) groups excluding carboxylic acids is 1. The van der Waals surface area contributed by atoms with Gasteiger partial charge in [0.05, 0.1) is 0 Å². The summed E-state index contributed by atoms with van der Waals surface area (Å²) in [6.07, 6.45) is 7.93. The van der Waals surface area contributed by atoms with Gasteiger partial charge in [-0.25, -0.2) is 0 Å². The van der Waals surface area contributed by atoms with Gasteiger partial charge in [0.2, 0.25) is 5.91 Å². The molecule has 1 atom stereocenters. The summed E-state index contributed by atoms with van der Waals surface area (Å²) in [7, 11) is 0. The molecular formula is C13H18N4OS. The fourth-order valence-corrected chi connectivity index (χ4v) is 2.65. The Morgan fingerprint density at radius 2 is 2.05 bits per heavy atom. The van der Waals surface area contributed by atoms with Crippen LogP contribution in [0.1, 0.15) is 25.7 Å². The van der Waals surface area contributed by atoms with Crippen LogP contribution in [0.15, 0.2) is 22.4 Å². The number of piperidine rings is 1. The van der Waals surface area contributed by atoms with Gasteiger partial charge in [-0.1, -0.05) is 12.2 Å². The standard InChI is InChI=1S/C13H18N4OS/c18-13(14-10-1-2-10)9-5-7-17(8-6-9)11-3-4-12(19)16-15-11/h3-4,9-11H,1-2,5-8H2,(H,14,18). The minimum absolute atomic E-state index is 0.000793. The van der Waals surface area contributed by atoms with Gasteiger partial charge in [0.1, 0.15) is 11.2 Å². The fraction of sp³-hybridized carbons (Fsp3) is 0.692. The topological polar surface area (TPSA) is 57.1 Å². The highest BCUT2D eigenvalue weighted by Crippen LogP contribution is 2.24. The Morgan fingerprint density at radius 1 is 1.32 bits per heavy atom. The molecule has 1 aliphatic carbocycles. The summed E-state index contributed by atoms with van der Waals surface area (Å²) in [4.78, 5) is 14.8. The number of rotatable bonds is 3. The number of thiocarbonyl (C=S) groups is 1. The fourth-order valence-electron chi connectivity index (χ4n) is 2.52. The summed E-state index contributed by atoms with van der Waals surface area (Å²) < 4.78 is 0. The molecule has 1 unspecified atom stereocenters. The number of likely N-dealkylation sites (tertiary alicyclic amines) is 1. The largest absolute Gasteiger partial charge is 0.353 e. The first kappa shape index (κ1) is 12.9. The lowest BCUT2D eigenvalue weighted by Crippen LogP contribution is -2.44. The summed E-state index contributed by atoms with van der Waals surface area (Å²) in [5.74, 6) is 0.409. The van der Waals surface area contributed by atoms with Gasteiger partial charge in [-0.05, 0) is 37.8 Å². The Bertz CT molecular complexity index is 420. The van der Waals surface area contributed by atoms with Crippen LogP contribution >= 0.6 is 12.2 Å². The first-order chi connectivity index (χ1) is 9.22. The third-order valence-corrected chi connectivity index (χ3v) is 4.10. The molecule has 0 aromatic rings. The molecule has 102 valence electrons. The van der Waals surface area contributed by atoms with E-state index in [2.05, 4.69) is 20.4 Å². The van der Waals surface area contributed by atoms with Crippen molar-refractivity contribution < 1.29 is 4.79 Å². The maximum Gasteiger partial charge on any atom is 0.223 e. The first-order valence-electron chi connectivity index (χ1n) is 6.90. The second-order valence-corrected chi connectivity index (χ2v) is 5.84. The van der Waals surface area contributed by atoms with Crippen LogP contribution < -0.4 is 5.32 Å². The summed E-state index contributed by atoms with van der Waals surface area (Å²) in [5.41, 5.74) is 0. The predicted octanol–water partition coefficient (Wildman–Crippen LogP) is 1.65. The summed E-state index contributed by atoms with van der Waals surface area (Å²) in [6.45, 7) is 1.78. The molecule has 1 amide bonds. The monoisotopic (exact) mass is 278 g/mol. The third-order valence-electron chi connectivity index (χ3n) is 3.88. The van der Waals surface area contributed by atoms with Gasteiger partial charge in [-0.15, -0.1) is 5.11 Å². The van der Waals surface area contributed by atoms with E-state index in [0.29, 0.717) is 11.0 Å². The molecule has 2 fully saturated rings. The van der Waals surface area contributed by atoms with E-state index in [1.54, 1.807) is 0 Å². The van der Waals surface area contributed by atoms with Gasteiger partial charge >= 0.3 is 0 Å². The summed E-state index contributed by atoms with van der Waals surface area (Å²) >= 11 is 4.94. The van der Waals surface area contributed by atoms with Crippen molar-refractivity contribution in [2.45, 2.75) is 37.9 Å². The van der Waals surface area contributed by atoms with Crippen LogP contribution in [-0.4, -0.2) is 41.1 Å². The Balaban J connectivity index is 1.49. The van der Waals surface area contributed by atoms with Crippen molar-refractivity contribution in [2.24, 2.45) is 16.1 Å². The minimum atomic E-state index is -0.000793. The maximum atomic E-state index is 12.0. The number of amides is 1. The molecule has 6 heteroatoms. The molecule has 5 nitrogen and oxygen atoms in total. The number of nitrogens with zero attached hydrogens (tertiary/aromatic N) is 3. The average Bonchev–Trinajstić information content (AvgIpc) is 3.24. The molecule has 0 bridgehead atoms. The Morgan fingerprint density at radius 3 is 2.63 bits per heavy atom. The van der Waals surface area contributed by atoms with Crippen molar-refractivity contribution in [3.05, 3.63) is 12.2 Å². The quantitative estimate of drug-likeness (QED) is 0.799. The van der Waals surface area contributed by atoms with E-state index < -0.39 is 0 Å². The van der Waals surface area contributed by atoms with Crippen LogP contribution in [-0.2, 0) is 4.79 Å². The van der Waals surface area contributed by atoms with E-state index in [0.717, 1.165) is 38.8 Å². The van der Waals surface area contributed by atoms with Gasteiger partial charge in [0.15, 0.2) is 0 Å². The highest BCUT2D eigenvalue weighted by Gasteiger charge is 2.31. The van der Waals surface area contributed by atoms with Crippen LogP contribution in [0.3, 0.4) is 0 Å². The molecule has 0 aromatic heterocycles. The Labute approximate surface area is 118 Å². The zero-order valence-corrected chi connectivity index (χ0v) is 11.6. The molecule has 1 saturated heterocycles. The lowest BCUT2D eigenvalue weighted by atomic mass is 9.95. The number of hydrogen-bond acceptors (Lipinski definition) is 4. The predicted molar refractivity (Wildman–Crippen MR) is 75.8 cm³/mol. The molecule has 1 N–H and O–H groups in total. The lowest BCUT2D eigenvalue weighted by Gasteiger charge is -2.34. The van der Waals surface area contributed by atoms with E-state index in [1.807, 2.05) is 12.2 Å². The zero-order chi connectivity index (χ0) is 13.2. The van der Waals surface area contributed by atoms with Gasteiger partial charge in [0.25, 0.3) is 0 Å². The number of azo groups is 1. The highest BCUT2D eigenvalue weighted by molar-refractivity contribution is 7.80. The number of hydrogen-bond donors (Lipinski definition) is 1. The van der Waals surface area contributed by atoms with E-state index in [1.165, 1.54) is 0 Å². The van der Waals surface area contributed by atoms with Gasteiger partial charge < -0.3 is 5.32 Å². The third kappa shape index (κ3) is 3.25. The molecule has 0 aromatic carbocycles. The van der Waals surface area contributed by atoms with Crippen LogP contribution in [0.4, 0.5) is 0 Å². The van der Waals surface area contributed by atoms with Crippen molar-refractivity contribution in [2.75, 3.05) is 13.1 Å². The SMILES string of the molecule is O=C(NC1CC1)C1CCN(C2C=CC(=S)N=N2)CC1. The van der Waals surface area contributed by atoms with Crippen molar-refractivity contribution in [3.8, 4) is 0 Å². The number of nitrogens with one attached hydrogen (secondary N) is 1.